The topological polar surface area (TPSA) is 66.9 Å². The molecule has 2 aliphatic heterocycles. The van der Waals surface area contributed by atoms with Crippen molar-refractivity contribution >= 4 is 15.7 Å². The molecule has 0 aromatic carbocycles. The van der Waals surface area contributed by atoms with Crippen LogP contribution in [0.2, 0.25) is 0 Å². The molecule has 6 nitrogen and oxygen atoms in total. The molecule has 0 aromatic heterocycles. The van der Waals surface area contributed by atoms with E-state index in [9.17, 15) is 13.2 Å². The number of nitrogens with zero attached hydrogens (tertiary/aromatic N) is 2. The van der Waals surface area contributed by atoms with E-state index in [1.807, 2.05) is 7.05 Å². The molecule has 3 aliphatic rings. The highest BCUT2D eigenvalue weighted by molar-refractivity contribution is 7.92. The van der Waals surface area contributed by atoms with Crippen molar-refractivity contribution < 1.29 is 17.9 Å². The molecule has 0 bridgehead atoms. The first-order valence-electron chi connectivity index (χ1n) is 7.75. The molecule has 0 N–H and O–H groups in total. The monoisotopic (exact) mass is 316 g/mol. The van der Waals surface area contributed by atoms with Crippen molar-refractivity contribution in [2.75, 3.05) is 45.6 Å². The lowest BCUT2D eigenvalue weighted by atomic mass is 9.81. The fourth-order valence-electron chi connectivity index (χ4n) is 3.54. The van der Waals surface area contributed by atoms with E-state index in [4.69, 9.17) is 4.74 Å². The minimum absolute atomic E-state index is 0.0480. The molecular formula is C14H24N2O4S. The third-order valence-corrected chi connectivity index (χ3v) is 7.90. The molecule has 3 rings (SSSR count). The molecule has 0 radical (unpaired) electrons. The maximum atomic E-state index is 12.6. The van der Waals surface area contributed by atoms with Gasteiger partial charge in [-0.05, 0) is 26.3 Å². The summed E-state index contributed by atoms with van der Waals surface area (Å²) in [6, 6.07) is 0. The lowest BCUT2D eigenvalue weighted by Crippen LogP contribution is -2.50. The van der Waals surface area contributed by atoms with Crippen molar-refractivity contribution in [1.82, 2.24) is 9.80 Å². The second-order valence-electron chi connectivity index (χ2n) is 6.55. The van der Waals surface area contributed by atoms with E-state index in [2.05, 4.69) is 4.90 Å². The standard InChI is InChI=1S/C14H24N2O4S/c1-15-7-9-20-12(11-15)13(17)16-6-5-14(3-2-4-14)21(18,19)10-8-16/h12H,2-11H2,1H3. The van der Waals surface area contributed by atoms with E-state index in [-0.39, 0.29) is 11.7 Å². The minimum Gasteiger partial charge on any atom is -0.366 e. The Kier molecular flexibility index (Phi) is 4.00. The quantitative estimate of drug-likeness (QED) is 0.675. The van der Waals surface area contributed by atoms with E-state index < -0.39 is 20.7 Å². The number of hydrogen-bond donors (Lipinski definition) is 0. The zero-order chi connectivity index (χ0) is 15.1. The molecule has 1 atom stereocenters. The number of ether oxygens (including phenoxy) is 1. The predicted octanol–water partition coefficient (Wildman–Crippen LogP) is -0.113. The van der Waals surface area contributed by atoms with Gasteiger partial charge in [0.2, 0.25) is 0 Å². The van der Waals surface area contributed by atoms with Crippen molar-refractivity contribution in [3.63, 3.8) is 0 Å². The van der Waals surface area contributed by atoms with E-state index >= 15 is 0 Å². The number of hydrogen-bond acceptors (Lipinski definition) is 5. The first kappa shape index (κ1) is 15.2. The molecule has 2 heterocycles. The summed E-state index contributed by atoms with van der Waals surface area (Å²) >= 11 is 0. The Morgan fingerprint density at radius 1 is 1.19 bits per heavy atom. The largest absolute Gasteiger partial charge is 0.366 e. The summed E-state index contributed by atoms with van der Waals surface area (Å²) in [5.74, 6) is 0.0505. The van der Waals surface area contributed by atoms with Gasteiger partial charge in [0.15, 0.2) is 9.84 Å². The highest BCUT2D eigenvalue weighted by Crippen LogP contribution is 2.43. The second kappa shape index (κ2) is 5.52. The highest BCUT2D eigenvalue weighted by Gasteiger charge is 2.50. The van der Waals surface area contributed by atoms with Crippen molar-refractivity contribution in [1.29, 1.82) is 0 Å². The second-order valence-corrected chi connectivity index (χ2v) is 9.06. The number of carbonyl (C=O) groups excluding carboxylic acids is 1. The molecule has 1 aliphatic carbocycles. The summed E-state index contributed by atoms with van der Waals surface area (Å²) < 4.78 is 29.9. The number of rotatable bonds is 1. The average molecular weight is 316 g/mol. The summed E-state index contributed by atoms with van der Waals surface area (Å²) in [5, 5.41) is 0. The third kappa shape index (κ3) is 2.71. The molecule has 21 heavy (non-hydrogen) atoms. The van der Waals surface area contributed by atoms with Gasteiger partial charge in [0.05, 0.1) is 17.1 Å². The average Bonchev–Trinajstić information content (AvgIpc) is 2.53. The SMILES string of the molecule is CN1CCOC(C(=O)N2CCC3(CCC3)S(=O)(=O)CC2)C1. The molecule has 1 amide bonds. The predicted molar refractivity (Wildman–Crippen MR) is 78.8 cm³/mol. The van der Waals surface area contributed by atoms with Crippen molar-refractivity contribution in [2.45, 2.75) is 36.5 Å². The van der Waals surface area contributed by atoms with Crippen LogP contribution in [0.3, 0.4) is 0 Å². The molecule has 1 saturated carbocycles. The Balaban J connectivity index is 1.68. The van der Waals surface area contributed by atoms with Gasteiger partial charge in [-0.15, -0.1) is 0 Å². The van der Waals surface area contributed by atoms with Crippen LogP contribution in [0.1, 0.15) is 25.7 Å². The van der Waals surface area contributed by atoms with Crippen LogP contribution in [0, 0.1) is 0 Å². The number of amides is 1. The maximum Gasteiger partial charge on any atom is 0.253 e. The molecule has 3 fully saturated rings. The molecule has 2 saturated heterocycles. The molecule has 0 aromatic rings. The Labute approximate surface area is 126 Å². The fourth-order valence-corrected chi connectivity index (χ4v) is 5.74. The summed E-state index contributed by atoms with van der Waals surface area (Å²) in [5.41, 5.74) is 0. The van der Waals surface area contributed by atoms with Gasteiger partial charge in [0.1, 0.15) is 6.10 Å². The number of sulfone groups is 1. The van der Waals surface area contributed by atoms with Crippen LogP contribution in [0.15, 0.2) is 0 Å². The van der Waals surface area contributed by atoms with Crippen LogP contribution in [-0.2, 0) is 19.4 Å². The van der Waals surface area contributed by atoms with E-state index in [1.165, 1.54) is 0 Å². The summed E-state index contributed by atoms with van der Waals surface area (Å²) in [7, 11) is -1.10. The van der Waals surface area contributed by atoms with Gasteiger partial charge in [0, 0.05) is 26.2 Å². The fraction of sp³-hybridized carbons (Fsp3) is 0.929. The maximum absolute atomic E-state index is 12.6. The number of morpholine rings is 1. The van der Waals surface area contributed by atoms with Gasteiger partial charge in [-0.3, -0.25) is 4.79 Å². The Hall–Kier alpha value is -0.660. The van der Waals surface area contributed by atoms with Crippen LogP contribution in [0.4, 0.5) is 0 Å². The van der Waals surface area contributed by atoms with Crippen molar-refractivity contribution in [3.05, 3.63) is 0 Å². The summed E-state index contributed by atoms with van der Waals surface area (Å²) in [6.45, 7) is 2.84. The Morgan fingerprint density at radius 2 is 1.95 bits per heavy atom. The van der Waals surface area contributed by atoms with Gasteiger partial charge in [0.25, 0.3) is 5.91 Å². The smallest absolute Gasteiger partial charge is 0.253 e. The summed E-state index contributed by atoms with van der Waals surface area (Å²) in [6.07, 6.45) is 2.66. The lowest BCUT2D eigenvalue weighted by molar-refractivity contribution is -0.148. The van der Waals surface area contributed by atoms with Crippen LogP contribution in [-0.4, -0.2) is 80.6 Å². The van der Waals surface area contributed by atoms with Gasteiger partial charge in [-0.1, -0.05) is 6.42 Å². The normalized spacial score (nSPS) is 32.4. The Bertz CT molecular complexity index is 515. The number of carbonyl (C=O) groups is 1. The van der Waals surface area contributed by atoms with Crippen LogP contribution >= 0.6 is 0 Å². The van der Waals surface area contributed by atoms with Crippen LogP contribution in [0.5, 0.6) is 0 Å². The van der Waals surface area contributed by atoms with Gasteiger partial charge < -0.3 is 14.5 Å². The highest BCUT2D eigenvalue weighted by atomic mass is 32.2. The Morgan fingerprint density at radius 3 is 2.57 bits per heavy atom. The van der Waals surface area contributed by atoms with E-state index in [0.29, 0.717) is 32.7 Å². The zero-order valence-corrected chi connectivity index (χ0v) is 13.4. The third-order valence-electron chi connectivity index (χ3n) is 5.25. The van der Waals surface area contributed by atoms with Crippen LogP contribution in [0.25, 0.3) is 0 Å². The molecule has 120 valence electrons. The molecule has 1 unspecified atom stereocenters. The molecule has 1 spiro atoms. The first-order chi connectivity index (χ1) is 9.94. The zero-order valence-electron chi connectivity index (χ0n) is 12.6. The molecule has 7 heteroatoms. The van der Waals surface area contributed by atoms with E-state index in [0.717, 1.165) is 25.8 Å². The van der Waals surface area contributed by atoms with E-state index in [1.54, 1.807) is 4.90 Å². The number of likely N-dealkylation sites (N-methyl/N-ethyl adjacent to an activating group) is 1. The van der Waals surface area contributed by atoms with Gasteiger partial charge in [-0.2, -0.15) is 0 Å². The van der Waals surface area contributed by atoms with Crippen molar-refractivity contribution in [3.8, 4) is 0 Å². The summed E-state index contributed by atoms with van der Waals surface area (Å²) in [4.78, 5) is 16.3. The molecular weight excluding hydrogens is 292 g/mol. The first-order valence-corrected chi connectivity index (χ1v) is 9.40. The minimum atomic E-state index is -3.08. The van der Waals surface area contributed by atoms with Crippen LogP contribution < -0.4 is 0 Å². The van der Waals surface area contributed by atoms with Gasteiger partial charge >= 0.3 is 0 Å². The lowest BCUT2D eigenvalue weighted by Gasteiger charge is -2.40. The van der Waals surface area contributed by atoms with Gasteiger partial charge in [-0.25, -0.2) is 8.42 Å². The van der Waals surface area contributed by atoms with Crippen molar-refractivity contribution in [2.24, 2.45) is 0 Å².